The van der Waals surface area contributed by atoms with Crippen molar-refractivity contribution in [2.24, 2.45) is 0 Å². The van der Waals surface area contributed by atoms with Crippen molar-refractivity contribution in [2.75, 3.05) is 13.1 Å². The van der Waals surface area contributed by atoms with Gasteiger partial charge < -0.3 is 9.88 Å². The van der Waals surface area contributed by atoms with Gasteiger partial charge in [-0.05, 0) is 31.4 Å². The second-order valence-corrected chi connectivity index (χ2v) is 5.31. The molecule has 0 radical (unpaired) electrons. The Labute approximate surface area is 123 Å². The van der Waals surface area contributed by atoms with Crippen LogP contribution in [0.5, 0.6) is 0 Å². The fourth-order valence-electron chi connectivity index (χ4n) is 2.78. The van der Waals surface area contributed by atoms with Crippen molar-refractivity contribution in [1.82, 2.24) is 9.88 Å². The molecule has 106 valence electrons. The number of nitrogens with zero attached hydrogens (tertiary/aromatic N) is 2. The van der Waals surface area contributed by atoms with Gasteiger partial charge in [-0.15, -0.1) is 0 Å². The monoisotopic (exact) mass is 279 g/mol. The first-order valence-electron chi connectivity index (χ1n) is 7.27. The summed E-state index contributed by atoms with van der Waals surface area (Å²) in [5.41, 5.74) is 2.10. The molecule has 0 bridgehead atoms. The smallest absolute Gasteiger partial charge is 0.264 e. The predicted octanol–water partition coefficient (Wildman–Crippen LogP) is 3.09. The summed E-state index contributed by atoms with van der Waals surface area (Å²) in [6.45, 7) is 1.51. The van der Waals surface area contributed by atoms with Crippen molar-refractivity contribution in [3.63, 3.8) is 0 Å². The highest BCUT2D eigenvalue weighted by atomic mass is 16.2. The Kier molecular flexibility index (Phi) is 3.74. The second kappa shape index (κ2) is 5.84. The number of rotatable bonds is 2. The number of aromatic nitrogens is 1. The Morgan fingerprint density at radius 2 is 2.00 bits per heavy atom. The zero-order valence-corrected chi connectivity index (χ0v) is 11.8. The average Bonchev–Trinajstić information content (AvgIpc) is 2.96. The lowest BCUT2D eigenvalue weighted by atomic mass is 10.1. The summed E-state index contributed by atoms with van der Waals surface area (Å²) in [7, 11) is 0. The van der Waals surface area contributed by atoms with Crippen LogP contribution in [-0.2, 0) is 4.79 Å². The van der Waals surface area contributed by atoms with E-state index in [2.05, 4.69) is 11.1 Å². The number of piperidine rings is 1. The van der Waals surface area contributed by atoms with Gasteiger partial charge in [0.15, 0.2) is 0 Å². The Hall–Kier alpha value is -2.54. The first-order valence-corrected chi connectivity index (χ1v) is 7.27. The molecule has 1 aliphatic heterocycles. The molecule has 1 aromatic carbocycles. The number of hydrogen-bond acceptors (Lipinski definition) is 2. The van der Waals surface area contributed by atoms with Crippen LogP contribution in [0.2, 0.25) is 0 Å². The predicted molar refractivity (Wildman–Crippen MR) is 82.3 cm³/mol. The molecule has 3 rings (SSSR count). The van der Waals surface area contributed by atoms with Crippen LogP contribution in [0, 0.1) is 11.3 Å². The van der Waals surface area contributed by atoms with Crippen LogP contribution in [0.25, 0.3) is 17.0 Å². The third kappa shape index (κ3) is 2.68. The first-order chi connectivity index (χ1) is 10.3. The van der Waals surface area contributed by atoms with Gasteiger partial charge in [0.1, 0.15) is 11.6 Å². The fraction of sp³-hybridized carbons (Fsp3) is 0.294. The van der Waals surface area contributed by atoms with E-state index in [1.165, 1.54) is 0 Å². The number of fused-ring (bicyclic) bond motifs is 1. The number of hydrogen-bond donors (Lipinski definition) is 1. The molecule has 0 spiro atoms. The van der Waals surface area contributed by atoms with Gasteiger partial charge in [0, 0.05) is 35.8 Å². The molecule has 2 heterocycles. The number of H-pyrrole nitrogens is 1. The Bertz CT molecular complexity index is 730. The topological polar surface area (TPSA) is 59.9 Å². The summed E-state index contributed by atoms with van der Waals surface area (Å²) in [5, 5.41) is 10.3. The Morgan fingerprint density at radius 1 is 1.24 bits per heavy atom. The largest absolute Gasteiger partial charge is 0.361 e. The van der Waals surface area contributed by atoms with Crippen LogP contribution >= 0.6 is 0 Å². The Balaban J connectivity index is 1.92. The SMILES string of the molecule is N#C/C(=C/c1c[nH]c2ccccc12)C(=O)N1CCCCC1. The van der Waals surface area contributed by atoms with Gasteiger partial charge in [0.05, 0.1) is 0 Å². The average molecular weight is 279 g/mol. The minimum atomic E-state index is -0.150. The highest BCUT2D eigenvalue weighted by Gasteiger charge is 2.20. The minimum absolute atomic E-state index is 0.150. The highest BCUT2D eigenvalue weighted by Crippen LogP contribution is 2.21. The van der Waals surface area contributed by atoms with E-state index in [1.54, 1.807) is 11.0 Å². The molecule has 4 nitrogen and oxygen atoms in total. The van der Waals surface area contributed by atoms with Gasteiger partial charge >= 0.3 is 0 Å². The van der Waals surface area contributed by atoms with E-state index in [-0.39, 0.29) is 11.5 Å². The third-order valence-corrected chi connectivity index (χ3v) is 3.92. The molecule has 0 unspecified atom stereocenters. The van der Waals surface area contributed by atoms with Crippen LogP contribution in [0.4, 0.5) is 0 Å². The number of carbonyl (C=O) groups is 1. The van der Waals surface area contributed by atoms with Crippen LogP contribution in [0.15, 0.2) is 36.0 Å². The number of amides is 1. The molecule has 1 N–H and O–H groups in total. The number of likely N-dealkylation sites (tertiary alicyclic amines) is 1. The minimum Gasteiger partial charge on any atom is -0.361 e. The molecule has 21 heavy (non-hydrogen) atoms. The van der Waals surface area contributed by atoms with Crippen molar-refractivity contribution in [3.8, 4) is 6.07 Å². The van der Waals surface area contributed by atoms with E-state index in [1.807, 2.05) is 30.5 Å². The molecular formula is C17H17N3O. The number of nitriles is 1. The zero-order chi connectivity index (χ0) is 14.7. The van der Waals surface area contributed by atoms with Crippen molar-refractivity contribution >= 4 is 22.9 Å². The van der Waals surface area contributed by atoms with Crippen LogP contribution in [-0.4, -0.2) is 28.9 Å². The summed E-state index contributed by atoms with van der Waals surface area (Å²) >= 11 is 0. The normalized spacial score (nSPS) is 16.0. The molecule has 4 heteroatoms. The van der Waals surface area contributed by atoms with Crippen molar-refractivity contribution < 1.29 is 4.79 Å². The number of benzene rings is 1. The van der Waals surface area contributed by atoms with Gasteiger partial charge in [-0.1, -0.05) is 18.2 Å². The number of carbonyl (C=O) groups excluding carboxylic acids is 1. The fourth-order valence-corrected chi connectivity index (χ4v) is 2.78. The van der Waals surface area contributed by atoms with Gasteiger partial charge in [-0.25, -0.2) is 0 Å². The van der Waals surface area contributed by atoms with Gasteiger partial charge in [0.25, 0.3) is 5.91 Å². The van der Waals surface area contributed by atoms with Crippen LogP contribution < -0.4 is 0 Å². The number of aromatic amines is 1. The highest BCUT2D eigenvalue weighted by molar-refractivity contribution is 6.03. The van der Waals surface area contributed by atoms with E-state index >= 15 is 0 Å². The molecule has 1 saturated heterocycles. The molecule has 1 aliphatic rings. The van der Waals surface area contributed by atoms with E-state index in [0.717, 1.165) is 48.8 Å². The molecule has 0 aliphatic carbocycles. The molecule has 2 aromatic rings. The van der Waals surface area contributed by atoms with Crippen molar-refractivity contribution in [3.05, 3.63) is 41.6 Å². The van der Waals surface area contributed by atoms with Crippen LogP contribution in [0.3, 0.4) is 0 Å². The maximum Gasteiger partial charge on any atom is 0.264 e. The molecule has 0 atom stereocenters. The standard InChI is InChI=1S/C17H17N3O/c18-11-13(17(21)20-8-4-1-5-9-20)10-14-12-19-16-7-3-2-6-15(14)16/h2-3,6-7,10,12,19H,1,4-5,8-9H2/b13-10-. The quantitative estimate of drug-likeness (QED) is 0.678. The summed E-state index contributed by atoms with van der Waals surface area (Å²) in [6, 6.07) is 9.92. The van der Waals surface area contributed by atoms with E-state index in [0.29, 0.717) is 0 Å². The first kappa shape index (κ1) is 13.4. The summed E-state index contributed by atoms with van der Waals surface area (Å²) in [5.74, 6) is -0.150. The maximum absolute atomic E-state index is 12.4. The Morgan fingerprint density at radius 3 is 2.76 bits per heavy atom. The van der Waals surface area contributed by atoms with Gasteiger partial charge in [-0.2, -0.15) is 5.26 Å². The maximum atomic E-state index is 12.4. The molecular weight excluding hydrogens is 262 g/mol. The lowest BCUT2D eigenvalue weighted by Crippen LogP contribution is -2.36. The lowest BCUT2D eigenvalue weighted by Gasteiger charge is -2.26. The van der Waals surface area contributed by atoms with Gasteiger partial charge in [-0.3, -0.25) is 4.79 Å². The second-order valence-electron chi connectivity index (χ2n) is 5.31. The molecule has 1 amide bonds. The van der Waals surface area contributed by atoms with E-state index in [9.17, 15) is 10.1 Å². The number of nitrogens with one attached hydrogen (secondary N) is 1. The summed E-state index contributed by atoms with van der Waals surface area (Å²) in [4.78, 5) is 17.4. The van der Waals surface area contributed by atoms with Crippen LogP contribution in [0.1, 0.15) is 24.8 Å². The zero-order valence-electron chi connectivity index (χ0n) is 11.8. The van der Waals surface area contributed by atoms with Crippen molar-refractivity contribution in [2.45, 2.75) is 19.3 Å². The summed E-state index contributed by atoms with van der Waals surface area (Å²) in [6.07, 6.45) is 6.74. The lowest BCUT2D eigenvalue weighted by molar-refractivity contribution is -0.127. The van der Waals surface area contributed by atoms with Crippen molar-refractivity contribution in [1.29, 1.82) is 5.26 Å². The van der Waals surface area contributed by atoms with E-state index < -0.39 is 0 Å². The number of para-hydroxylation sites is 1. The van der Waals surface area contributed by atoms with E-state index in [4.69, 9.17) is 0 Å². The molecule has 0 saturated carbocycles. The molecule has 1 aromatic heterocycles. The summed E-state index contributed by atoms with van der Waals surface area (Å²) < 4.78 is 0. The molecule has 1 fully saturated rings. The third-order valence-electron chi connectivity index (χ3n) is 3.92. The van der Waals surface area contributed by atoms with Gasteiger partial charge in [0.2, 0.25) is 0 Å².